The molecule has 0 spiro atoms. The molecular formula is C15H13N3O2S2. The van der Waals surface area contributed by atoms with Crippen LogP contribution in [0.25, 0.3) is 11.6 Å². The van der Waals surface area contributed by atoms with E-state index in [4.69, 9.17) is 15.3 Å². The Kier molecular flexibility index (Phi) is 5.29. The molecule has 0 aliphatic heterocycles. The van der Waals surface area contributed by atoms with Gasteiger partial charge in [0.15, 0.2) is 5.57 Å². The first kappa shape index (κ1) is 16.2. The lowest BCUT2D eigenvalue weighted by atomic mass is 10.4. The van der Waals surface area contributed by atoms with Gasteiger partial charge in [0.05, 0.1) is 17.7 Å². The molecule has 0 unspecified atom stereocenters. The molecule has 0 radical (unpaired) electrons. The highest BCUT2D eigenvalue weighted by Crippen LogP contribution is 2.15. The Labute approximate surface area is 135 Å². The summed E-state index contributed by atoms with van der Waals surface area (Å²) >= 11 is 2.75. The smallest absolute Gasteiger partial charge is 0.269 e. The maximum absolute atomic E-state index is 12.5. The van der Waals surface area contributed by atoms with Crippen LogP contribution in [0.5, 0.6) is 0 Å². The van der Waals surface area contributed by atoms with Gasteiger partial charge in [-0.1, -0.05) is 0 Å². The highest BCUT2D eigenvalue weighted by molar-refractivity contribution is 7.13. The van der Waals surface area contributed by atoms with Crippen molar-refractivity contribution in [2.75, 3.05) is 13.7 Å². The predicted molar refractivity (Wildman–Crippen MR) is 87.0 cm³/mol. The van der Waals surface area contributed by atoms with Crippen molar-refractivity contribution in [3.63, 3.8) is 0 Å². The molecule has 0 saturated heterocycles. The van der Waals surface area contributed by atoms with Gasteiger partial charge in [-0.15, -0.1) is 22.7 Å². The fraction of sp³-hybridized carbons (Fsp3) is 0.267. The van der Waals surface area contributed by atoms with Gasteiger partial charge >= 0.3 is 0 Å². The van der Waals surface area contributed by atoms with Crippen molar-refractivity contribution in [1.29, 1.82) is 10.5 Å². The first-order valence-corrected chi connectivity index (χ1v) is 8.05. The fourth-order valence-electron chi connectivity index (χ4n) is 1.87. The maximum atomic E-state index is 12.5. The summed E-state index contributed by atoms with van der Waals surface area (Å²) in [7, 11) is 1.54. The zero-order valence-corrected chi connectivity index (χ0v) is 13.8. The van der Waals surface area contributed by atoms with Gasteiger partial charge in [-0.3, -0.25) is 9.36 Å². The van der Waals surface area contributed by atoms with Crippen LogP contribution >= 0.6 is 22.7 Å². The van der Waals surface area contributed by atoms with Gasteiger partial charge in [0.2, 0.25) is 0 Å². The predicted octanol–water partition coefficient (Wildman–Crippen LogP) is 0.953. The van der Waals surface area contributed by atoms with Crippen molar-refractivity contribution in [1.82, 2.24) is 4.57 Å². The van der Waals surface area contributed by atoms with Crippen LogP contribution < -0.4 is 14.8 Å². The van der Waals surface area contributed by atoms with Crippen molar-refractivity contribution in [3.05, 3.63) is 41.4 Å². The molecule has 2 aromatic rings. The zero-order chi connectivity index (χ0) is 16.1. The van der Waals surface area contributed by atoms with Gasteiger partial charge in [0.25, 0.3) is 5.56 Å². The van der Waals surface area contributed by atoms with Gasteiger partial charge in [0, 0.05) is 16.9 Å². The number of thiophene rings is 1. The number of rotatable bonds is 4. The number of methoxy groups -OCH3 is 1. The lowest BCUT2D eigenvalue weighted by molar-refractivity contribution is 0.186. The Morgan fingerprint density at radius 3 is 2.64 bits per heavy atom. The zero-order valence-electron chi connectivity index (χ0n) is 12.1. The van der Waals surface area contributed by atoms with E-state index in [1.807, 2.05) is 31.2 Å². The largest absolute Gasteiger partial charge is 0.383 e. The number of ether oxygens (including phenoxy) is 1. The van der Waals surface area contributed by atoms with Crippen molar-refractivity contribution in [3.8, 4) is 12.1 Å². The van der Waals surface area contributed by atoms with Crippen LogP contribution in [0.4, 0.5) is 0 Å². The molecule has 22 heavy (non-hydrogen) atoms. The average Bonchev–Trinajstić information content (AvgIpc) is 3.04. The summed E-state index contributed by atoms with van der Waals surface area (Å²) < 4.78 is 7.32. The summed E-state index contributed by atoms with van der Waals surface area (Å²) in [6, 6.07) is 7.62. The monoisotopic (exact) mass is 331 g/mol. The Balaban J connectivity index is 2.72. The number of nitrogens with zero attached hydrogens (tertiary/aromatic N) is 3. The molecule has 0 bridgehead atoms. The number of thiazole rings is 1. The van der Waals surface area contributed by atoms with Crippen LogP contribution in [-0.2, 0) is 11.3 Å². The molecule has 0 aliphatic carbocycles. The number of aryl methyl sites for hydroxylation is 1. The van der Waals surface area contributed by atoms with Crippen LogP contribution in [0.15, 0.2) is 16.9 Å². The highest BCUT2D eigenvalue weighted by atomic mass is 32.1. The van der Waals surface area contributed by atoms with Crippen molar-refractivity contribution >= 4 is 34.3 Å². The summed E-state index contributed by atoms with van der Waals surface area (Å²) in [5.41, 5.74) is -0.258. The van der Waals surface area contributed by atoms with E-state index in [0.29, 0.717) is 22.3 Å². The second kappa shape index (κ2) is 7.19. The van der Waals surface area contributed by atoms with E-state index in [2.05, 4.69) is 0 Å². The molecule has 0 saturated carbocycles. The second-order valence-corrected chi connectivity index (χ2v) is 6.76. The van der Waals surface area contributed by atoms with Crippen LogP contribution in [0, 0.1) is 29.6 Å². The topological polar surface area (TPSA) is 78.8 Å². The van der Waals surface area contributed by atoms with E-state index in [0.717, 1.165) is 21.1 Å². The summed E-state index contributed by atoms with van der Waals surface area (Å²) in [5, 5.41) is 18.1. The first-order valence-electron chi connectivity index (χ1n) is 6.42. The molecule has 0 aliphatic rings. The minimum Gasteiger partial charge on any atom is -0.383 e. The molecule has 0 amide bonds. The maximum Gasteiger partial charge on any atom is 0.269 e. The van der Waals surface area contributed by atoms with Gasteiger partial charge < -0.3 is 4.74 Å². The van der Waals surface area contributed by atoms with Gasteiger partial charge in [0.1, 0.15) is 16.8 Å². The molecule has 0 atom stereocenters. The number of nitriles is 2. The minimum atomic E-state index is -0.203. The third-order valence-electron chi connectivity index (χ3n) is 2.90. The van der Waals surface area contributed by atoms with E-state index in [1.54, 1.807) is 17.4 Å². The van der Waals surface area contributed by atoms with E-state index < -0.39 is 0 Å². The van der Waals surface area contributed by atoms with Gasteiger partial charge in [-0.25, -0.2) is 0 Å². The van der Waals surface area contributed by atoms with Gasteiger partial charge in [-0.05, 0) is 25.1 Å². The lowest BCUT2D eigenvalue weighted by Crippen LogP contribution is -2.33. The Bertz CT molecular complexity index is 919. The molecule has 0 fully saturated rings. The molecule has 112 valence electrons. The van der Waals surface area contributed by atoms with Crippen LogP contribution in [0.3, 0.4) is 0 Å². The van der Waals surface area contributed by atoms with Gasteiger partial charge in [-0.2, -0.15) is 10.5 Å². The third kappa shape index (κ3) is 3.34. The van der Waals surface area contributed by atoms with E-state index in [1.165, 1.54) is 11.7 Å². The van der Waals surface area contributed by atoms with Crippen LogP contribution in [-0.4, -0.2) is 18.3 Å². The van der Waals surface area contributed by atoms with Crippen LogP contribution in [0.1, 0.15) is 9.75 Å². The number of hydrogen-bond donors (Lipinski definition) is 0. The summed E-state index contributed by atoms with van der Waals surface area (Å²) in [4.78, 5) is 14.6. The normalized spacial score (nSPS) is 11.2. The van der Waals surface area contributed by atoms with Crippen molar-refractivity contribution < 1.29 is 4.74 Å². The Morgan fingerprint density at radius 2 is 2.09 bits per heavy atom. The molecule has 2 aromatic heterocycles. The standard InChI is InChI=1S/C15H13N3O2S2/c1-10-3-4-12(21-10)7-13-14(19)18(5-6-20-2)15(22-13)11(8-16)9-17/h3-4,7H,5-6H2,1-2H3/b13-7+. The number of hydrogen-bond acceptors (Lipinski definition) is 6. The minimum absolute atomic E-state index is 0.0554. The highest BCUT2D eigenvalue weighted by Gasteiger charge is 2.09. The van der Waals surface area contributed by atoms with E-state index in [9.17, 15) is 4.79 Å². The first-order chi connectivity index (χ1) is 10.6. The molecular weight excluding hydrogens is 318 g/mol. The van der Waals surface area contributed by atoms with Crippen LogP contribution in [0.2, 0.25) is 0 Å². The molecule has 0 aromatic carbocycles. The van der Waals surface area contributed by atoms with Crippen molar-refractivity contribution in [2.24, 2.45) is 0 Å². The molecule has 2 rings (SSSR count). The molecule has 7 heteroatoms. The number of aromatic nitrogens is 1. The lowest BCUT2D eigenvalue weighted by Gasteiger charge is -1.99. The third-order valence-corrected chi connectivity index (χ3v) is 4.98. The molecule has 5 nitrogen and oxygen atoms in total. The Morgan fingerprint density at radius 1 is 1.36 bits per heavy atom. The molecule has 0 N–H and O–H groups in total. The van der Waals surface area contributed by atoms with E-state index >= 15 is 0 Å². The fourth-order valence-corrected chi connectivity index (χ4v) is 3.84. The summed E-state index contributed by atoms with van der Waals surface area (Å²) in [5.74, 6) is 0. The average molecular weight is 331 g/mol. The van der Waals surface area contributed by atoms with Crippen molar-refractivity contribution in [2.45, 2.75) is 13.5 Å². The Hall–Kier alpha value is -2.19. The molecule has 2 heterocycles. The van der Waals surface area contributed by atoms with E-state index in [-0.39, 0.29) is 11.1 Å². The summed E-state index contributed by atoms with van der Waals surface area (Å²) in [6.45, 7) is 2.65. The quantitative estimate of drug-likeness (QED) is 0.836. The summed E-state index contributed by atoms with van der Waals surface area (Å²) in [6.07, 6.45) is 1.80. The SMILES string of the molecule is COCCn1c(=C(C#N)C#N)s/c(=C/c2ccc(C)s2)c1=O. The second-order valence-electron chi connectivity index (χ2n) is 4.41.